The van der Waals surface area contributed by atoms with Crippen LogP contribution in [0.2, 0.25) is 0 Å². The summed E-state index contributed by atoms with van der Waals surface area (Å²) >= 11 is 0. The molecule has 0 bridgehead atoms. The Morgan fingerprint density at radius 3 is 2.39 bits per heavy atom. The molecule has 2 amide bonds. The fourth-order valence-corrected chi connectivity index (χ4v) is 3.21. The van der Waals surface area contributed by atoms with Gasteiger partial charge in [0.05, 0.1) is 0 Å². The van der Waals surface area contributed by atoms with Gasteiger partial charge in [-0.15, -0.1) is 0 Å². The van der Waals surface area contributed by atoms with Crippen LogP contribution in [0.4, 0.5) is 4.79 Å². The zero-order valence-electron chi connectivity index (χ0n) is 14.5. The molecule has 1 aromatic carbocycles. The standard InChI is InChI=1S/C19H30N2O2/c1-14(19(2,3)16-7-5-4-6-8-16)20-18(23)21-17-11-9-15(13-22)10-12-17/h4-8,14-15,17,22H,9-13H2,1-3H3,(H2,20,21,23). The first-order valence-electron chi connectivity index (χ1n) is 8.67. The molecule has 0 aromatic heterocycles. The average molecular weight is 318 g/mol. The van der Waals surface area contributed by atoms with Crippen molar-refractivity contribution in [2.75, 3.05) is 6.61 Å². The van der Waals surface area contributed by atoms with Crippen molar-refractivity contribution in [1.29, 1.82) is 0 Å². The highest BCUT2D eigenvalue weighted by molar-refractivity contribution is 5.74. The predicted molar refractivity (Wildman–Crippen MR) is 93.4 cm³/mol. The molecule has 1 aromatic rings. The molecule has 1 saturated carbocycles. The molecule has 1 atom stereocenters. The van der Waals surface area contributed by atoms with Crippen molar-refractivity contribution in [3.05, 3.63) is 35.9 Å². The lowest BCUT2D eigenvalue weighted by Gasteiger charge is -2.34. The molecule has 1 fully saturated rings. The lowest BCUT2D eigenvalue weighted by molar-refractivity contribution is 0.173. The topological polar surface area (TPSA) is 61.4 Å². The van der Waals surface area contributed by atoms with E-state index >= 15 is 0 Å². The minimum absolute atomic E-state index is 0.0266. The number of urea groups is 1. The number of rotatable bonds is 5. The lowest BCUT2D eigenvalue weighted by Crippen LogP contribution is -2.51. The SMILES string of the molecule is CC(NC(=O)NC1CCC(CO)CC1)C(C)(C)c1ccccc1. The summed E-state index contributed by atoms with van der Waals surface area (Å²) in [5.41, 5.74) is 1.09. The molecule has 128 valence electrons. The van der Waals surface area contributed by atoms with Crippen molar-refractivity contribution >= 4 is 6.03 Å². The summed E-state index contributed by atoms with van der Waals surface area (Å²) < 4.78 is 0. The zero-order chi connectivity index (χ0) is 16.9. The Morgan fingerprint density at radius 1 is 1.22 bits per heavy atom. The first-order chi connectivity index (χ1) is 10.9. The smallest absolute Gasteiger partial charge is 0.315 e. The van der Waals surface area contributed by atoms with Crippen LogP contribution in [-0.4, -0.2) is 29.8 Å². The maximum Gasteiger partial charge on any atom is 0.315 e. The Morgan fingerprint density at radius 2 is 1.83 bits per heavy atom. The minimum Gasteiger partial charge on any atom is -0.396 e. The Kier molecular flexibility index (Phi) is 6.05. The van der Waals surface area contributed by atoms with E-state index in [0.717, 1.165) is 25.7 Å². The highest BCUT2D eigenvalue weighted by atomic mass is 16.3. The van der Waals surface area contributed by atoms with Gasteiger partial charge < -0.3 is 15.7 Å². The molecule has 0 radical (unpaired) electrons. The monoisotopic (exact) mass is 318 g/mol. The van der Waals surface area contributed by atoms with E-state index in [4.69, 9.17) is 0 Å². The van der Waals surface area contributed by atoms with Crippen LogP contribution < -0.4 is 10.6 Å². The summed E-state index contributed by atoms with van der Waals surface area (Å²) in [5.74, 6) is 0.409. The van der Waals surface area contributed by atoms with Gasteiger partial charge in [-0.05, 0) is 44.1 Å². The molecule has 1 aliphatic rings. The number of carbonyl (C=O) groups is 1. The molecular formula is C19H30N2O2. The van der Waals surface area contributed by atoms with Crippen molar-refractivity contribution in [2.45, 2.75) is 64.0 Å². The van der Waals surface area contributed by atoms with Crippen molar-refractivity contribution in [3.63, 3.8) is 0 Å². The van der Waals surface area contributed by atoms with Crippen LogP contribution in [0.5, 0.6) is 0 Å². The Hall–Kier alpha value is -1.55. The number of carbonyl (C=O) groups excluding carboxylic acids is 1. The maximum atomic E-state index is 12.3. The van der Waals surface area contributed by atoms with E-state index in [2.05, 4.69) is 43.5 Å². The molecule has 23 heavy (non-hydrogen) atoms. The Labute approximate surface area is 139 Å². The Balaban J connectivity index is 1.85. The van der Waals surface area contributed by atoms with E-state index in [-0.39, 0.29) is 30.1 Å². The van der Waals surface area contributed by atoms with Crippen LogP contribution in [0.3, 0.4) is 0 Å². The predicted octanol–water partition coefficient (Wildman–Crippen LogP) is 3.20. The van der Waals surface area contributed by atoms with Gasteiger partial charge in [0.1, 0.15) is 0 Å². The van der Waals surface area contributed by atoms with Gasteiger partial charge in [-0.1, -0.05) is 44.2 Å². The summed E-state index contributed by atoms with van der Waals surface area (Å²) in [6.45, 7) is 6.62. The summed E-state index contributed by atoms with van der Waals surface area (Å²) in [4.78, 5) is 12.3. The minimum atomic E-state index is -0.132. The van der Waals surface area contributed by atoms with Crippen LogP contribution in [0.1, 0.15) is 52.0 Å². The molecule has 4 heteroatoms. The van der Waals surface area contributed by atoms with Gasteiger partial charge in [0, 0.05) is 24.1 Å². The zero-order valence-corrected chi connectivity index (χ0v) is 14.5. The average Bonchev–Trinajstić information content (AvgIpc) is 2.56. The molecule has 1 unspecified atom stereocenters. The highest BCUT2D eigenvalue weighted by Crippen LogP contribution is 2.27. The van der Waals surface area contributed by atoms with Gasteiger partial charge in [-0.2, -0.15) is 0 Å². The molecule has 0 heterocycles. The van der Waals surface area contributed by atoms with Gasteiger partial charge in [0.2, 0.25) is 0 Å². The third kappa shape index (κ3) is 4.71. The molecule has 1 aliphatic carbocycles. The van der Waals surface area contributed by atoms with E-state index in [9.17, 15) is 9.90 Å². The number of aliphatic hydroxyl groups is 1. The van der Waals surface area contributed by atoms with E-state index in [1.165, 1.54) is 5.56 Å². The number of benzene rings is 1. The van der Waals surface area contributed by atoms with Crippen LogP contribution in [0.25, 0.3) is 0 Å². The van der Waals surface area contributed by atoms with E-state index in [0.29, 0.717) is 5.92 Å². The van der Waals surface area contributed by atoms with Crippen LogP contribution in [0, 0.1) is 5.92 Å². The van der Waals surface area contributed by atoms with Crippen molar-refractivity contribution < 1.29 is 9.90 Å². The first kappa shape index (κ1) is 17.8. The molecule has 0 spiro atoms. The normalized spacial score (nSPS) is 23.1. The second-order valence-electron chi connectivity index (χ2n) is 7.33. The number of hydrogen-bond acceptors (Lipinski definition) is 2. The van der Waals surface area contributed by atoms with E-state index < -0.39 is 0 Å². The van der Waals surface area contributed by atoms with Crippen molar-refractivity contribution in [3.8, 4) is 0 Å². The molecule has 0 saturated heterocycles. The van der Waals surface area contributed by atoms with Gasteiger partial charge in [-0.3, -0.25) is 0 Å². The van der Waals surface area contributed by atoms with Gasteiger partial charge in [-0.25, -0.2) is 4.79 Å². The summed E-state index contributed by atoms with van der Waals surface area (Å²) in [6.07, 6.45) is 3.89. The first-order valence-corrected chi connectivity index (χ1v) is 8.67. The number of aliphatic hydroxyl groups excluding tert-OH is 1. The number of nitrogens with one attached hydrogen (secondary N) is 2. The second kappa shape index (κ2) is 7.82. The van der Waals surface area contributed by atoms with Crippen LogP contribution in [0.15, 0.2) is 30.3 Å². The summed E-state index contributed by atoms with van der Waals surface area (Å²) in [7, 11) is 0. The van der Waals surface area contributed by atoms with Gasteiger partial charge in [0.25, 0.3) is 0 Å². The molecule has 0 aliphatic heterocycles. The largest absolute Gasteiger partial charge is 0.396 e. The molecule has 2 rings (SSSR count). The summed E-state index contributed by atoms with van der Waals surface area (Å²) in [6, 6.07) is 10.4. The second-order valence-corrected chi connectivity index (χ2v) is 7.33. The van der Waals surface area contributed by atoms with Gasteiger partial charge in [0.15, 0.2) is 0 Å². The van der Waals surface area contributed by atoms with Crippen molar-refractivity contribution in [2.24, 2.45) is 5.92 Å². The molecule has 3 N–H and O–H groups in total. The lowest BCUT2D eigenvalue weighted by atomic mass is 9.78. The molecule has 4 nitrogen and oxygen atoms in total. The fraction of sp³-hybridized carbons (Fsp3) is 0.632. The van der Waals surface area contributed by atoms with Crippen LogP contribution in [-0.2, 0) is 5.41 Å². The van der Waals surface area contributed by atoms with Crippen LogP contribution >= 0.6 is 0 Å². The highest BCUT2D eigenvalue weighted by Gasteiger charge is 2.30. The maximum absolute atomic E-state index is 12.3. The number of amides is 2. The number of hydrogen-bond donors (Lipinski definition) is 3. The third-order valence-electron chi connectivity index (χ3n) is 5.39. The summed E-state index contributed by atoms with van der Waals surface area (Å²) in [5, 5.41) is 15.4. The van der Waals surface area contributed by atoms with E-state index in [1.807, 2.05) is 18.2 Å². The van der Waals surface area contributed by atoms with Gasteiger partial charge >= 0.3 is 6.03 Å². The Bertz CT molecular complexity index is 493. The fourth-order valence-electron chi connectivity index (χ4n) is 3.21. The molecular weight excluding hydrogens is 288 g/mol. The quantitative estimate of drug-likeness (QED) is 0.781. The van der Waals surface area contributed by atoms with E-state index in [1.54, 1.807) is 0 Å². The third-order valence-corrected chi connectivity index (χ3v) is 5.39. The van der Waals surface area contributed by atoms with Crippen molar-refractivity contribution in [1.82, 2.24) is 10.6 Å².